The molecule has 2 saturated heterocycles. The number of nitrogens with zero attached hydrogens (tertiary/aromatic N) is 2. The maximum Gasteiger partial charge on any atom is 0.228 e. The highest BCUT2D eigenvalue weighted by Gasteiger charge is 2.48. The minimum absolute atomic E-state index is 0.0752. The van der Waals surface area contributed by atoms with Gasteiger partial charge < -0.3 is 4.90 Å². The summed E-state index contributed by atoms with van der Waals surface area (Å²) >= 11 is 0. The molecule has 1 aliphatic carbocycles. The Bertz CT molecular complexity index is 574. The standard InChI is InChI=1S/C19H25FN2O/c20-17-5-3-15(4-6-17)13-21-10-7-19(8-11-21)9-12-22(18(19)23)14-16-1-2-16/h3-6,16H,1-2,7-14H2. The molecule has 0 N–H and O–H groups in total. The van der Waals surface area contributed by atoms with Crippen molar-refractivity contribution in [2.45, 2.75) is 38.6 Å². The van der Waals surface area contributed by atoms with Gasteiger partial charge in [-0.15, -0.1) is 0 Å². The van der Waals surface area contributed by atoms with E-state index in [1.54, 1.807) is 0 Å². The summed E-state index contributed by atoms with van der Waals surface area (Å²) in [6.45, 7) is 4.77. The van der Waals surface area contributed by atoms with E-state index in [0.29, 0.717) is 5.91 Å². The number of hydrogen-bond acceptors (Lipinski definition) is 2. The Kier molecular flexibility index (Phi) is 3.88. The first-order chi connectivity index (χ1) is 11.1. The Balaban J connectivity index is 1.33. The van der Waals surface area contributed by atoms with Crippen molar-refractivity contribution in [3.8, 4) is 0 Å². The summed E-state index contributed by atoms with van der Waals surface area (Å²) in [7, 11) is 0. The van der Waals surface area contributed by atoms with Crippen molar-refractivity contribution < 1.29 is 9.18 Å². The van der Waals surface area contributed by atoms with Gasteiger partial charge >= 0.3 is 0 Å². The summed E-state index contributed by atoms with van der Waals surface area (Å²) in [5.74, 6) is 1.03. The number of benzene rings is 1. The minimum Gasteiger partial charge on any atom is -0.342 e. The van der Waals surface area contributed by atoms with E-state index in [4.69, 9.17) is 0 Å². The van der Waals surface area contributed by atoms with E-state index in [1.165, 1.54) is 25.0 Å². The monoisotopic (exact) mass is 316 g/mol. The lowest BCUT2D eigenvalue weighted by Gasteiger charge is -2.38. The van der Waals surface area contributed by atoms with Crippen LogP contribution >= 0.6 is 0 Å². The van der Waals surface area contributed by atoms with Crippen molar-refractivity contribution in [2.24, 2.45) is 11.3 Å². The number of hydrogen-bond donors (Lipinski definition) is 0. The summed E-state index contributed by atoms with van der Waals surface area (Å²) in [6, 6.07) is 6.77. The molecule has 4 rings (SSSR count). The number of likely N-dealkylation sites (tertiary alicyclic amines) is 2. The third-order valence-electron chi connectivity index (χ3n) is 5.91. The molecule has 1 spiro atoms. The summed E-state index contributed by atoms with van der Waals surface area (Å²) in [4.78, 5) is 17.3. The van der Waals surface area contributed by atoms with Crippen molar-refractivity contribution >= 4 is 5.91 Å². The summed E-state index contributed by atoms with van der Waals surface area (Å²) in [5.41, 5.74) is 1.07. The normalized spacial score (nSPS) is 24.6. The van der Waals surface area contributed by atoms with Crippen LogP contribution in [0, 0.1) is 17.2 Å². The van der Waals surface area contributed by atoms with E-state index in [-0.39, 0.29) is 11.2 Å². The lowest BCUT2D eigenvalue weighted by Crippen LogP contribution is -2.44. The van der Waals surface area contributed by atoms with Crippen molar-refractivity contribution in [2.75, 3.05) is 26.2 Å². The Morgan fingerprint density at radius 3 is 2.35 bits per heavy atom. The van der Waals surface area contributed by atoms with Crippen LogP contribution in [0.5, 0.6) is 0 Å². The molecule has 1 aromatic carbocycles. The molecule has 124 valence electrons. The van der Waals surface area contributed by atoms with Gasteiger partial charge in [0.15, 0.2) is 0 Å². The van der Waals surface area contributed by atoms with Crippen LogP contribution < -0.4 is 0 Å². The second kappa shape index (κ2) is 5.90. The predicted octanol–water partition coefficient (Wildman–Crippen LogP) is 3.05. The van der Waals surface area contributed by atoms with Crippen LogP contribution in [-0.4, -0.2) is 41.9 Å². The van der Waals surface area contributed by atoms with E-state index < -0.39 is 0 Å². The molecule has 2 heterocycles. The molecule has 1 saturated carbocycles. The smallest absolute Gasteiger partial charge is 0.228 e. The molecule has 2 aliphatic heterocycles. The lowest BCUT2D eigenvalue weighted by molar-refractivity contribution is -0.138. The van der Waals surface area contributed by atoms with Crippen LogP contribution in [0.1, 0.15) is 37.7 Å². The van der Waals surface area contributed by atoms with Crippen LogP contribution in [-0.2, 0) is 11.3 Å². The Labute approximate surface area is 137 Å². The zero-order valence-electron chi connectivity index (χ0n) is 13.6. The summed E-state index contributed by atoms with van der Waals surface area (Å²) in [5, 5.41) is 0. The van der Waals surface area contributed by atoms with Crippen LogP contribution in [0.25, 0.3) is 0 Å². The Hall–Kier alpha value is -1.42. The number of carbonyl (C=O) groups excluding carboxylic acids is 1. The first-order valence-corrected chi connectivity index (χ1v) is 8.91. The molecule has 3 nitrogen and oxygen atoms in total. The van der Waals surface area contributed by atoms with Gasteiger partial charge in [0.25, 0.3) is 0 Å². The molecule has 0 bridgehead atoms. The van der Waals surface area contributed by atoms with Crippen LogP contribution in [0.15, 0.2) is 24.3 Å². The lowest BCUT2D eigenvalue weighted by atomic mass is 9.77. The first kappa shape index (κ1) is 15.1. The fourth-order valence-electron chi connectivity index (χ4n) is 4.13. The fourth-order valence-corrected chi connectivity index (χ4v) is 4.13. The molecule has 1 amide bonds. The van der Waals surface area contributed by atoms with Crippen LogP contribution in [0.3, 0.4) is 0 Å². The number of rotatable bonds is 4. The van der Waals surface area contributed by atoms with Gasteiger partial charge in [0, 0.05) is 19.6 Å². The number of carbonyl (C=O) groups is 1. The molecule has 0 radical (unpaired) electrons. The molecule has 4 heteroatoms. The highest BCUT2D eigenvalue weighted by molar-refractivity contribution is 5.85. The van der Waals surface area contributed by atoms with Gasteiger partial charge in [-0.1, -0.05) is 12.1 Å². The molecule has 0 unspecified atom stereocenters. The number of piperidine rings is 1. The van der Waals surface area contributed by atoms with Crippen molar-refractivity contribution in [1.29, 1.82) is 0 Å². The van der Waals surface area contributed by atoms with Gasteiger partial charge in [-0.05, 0) is 68.8 Å². The summed E-state index contributed by atoms with van der Waals surface area (Å²) in [6.07, 6.45) is 5.62. The second-order valence-electron chi connectivity index (χ2n) is 7.63. The van der Waals surface area contributed by atoms with Gasteiger partial charge in [-0.25, -0.2) is 4.39 Å². The molecular weight excluding hydrogens is 291 g/mol. The molecule has 3 fully saturated rings. The van der Waals surface area contributed by atoms with Gasteiger partial charge in [0.2, 0.25) is 5.91 Å². The number of amides is 1. The molecular formula is C19H25FN2O. The molecule has 0 aromatic heterocycles. The first-order valence-electron chi connectivity index (χ1n) is 8.91. The summed E-state index contributed by atoms with van der Waals surface area (Å²) < 4.78 is 13.0. The van der Waals surface area contributed by atoms with E-state index >= 15 is 0 Å². The zero-order valence-corrected chi connectivity index (χ0v) is 13.6. The SMILES string of the molecule is O=C1N(CC2CC2)CCC12CCN(Cc1ccc(F)cc1)CC2. The maximum atomic E-state index is 13.0. The van der Waals surface area contributed by atoms with Crippen LogP contribution in [0.2, 0.25) is 0 Å². The number of halogens is 1. The minimum atomic E-state index is -0.182. The van der Waals surface area contributed by atoms with E-state index in [0.717, 1.165) is 63.5 Å². The molecule has 1 aromatic rings. The second-order valence-corrected chi connectivity index (χ2v) is 7.63. The third kappa shape index (κ3) is 3.14. The van der Waals surface area contributed by atoms with Gasteiger partial charge in [-0.2, -0.15) is 0 Å². The van der Waals surface area contributed by atoms with Crippen LogP contribution in [0.4, 0.5) is 4.39 Å². The van der Waals surface area contributed by atoms with Gasteiger partial charge in [0.1, 0.15) is 5.82 Å². The Morgan fingerprint density at radius 1 is 1.04 bits per heavy atom. The maximum absolute atomic E-state index is 13.0. The molecule has 3 aliphatic rings. The molecule has 0 atom stereocenters. The van der Waals surface area contributed by atoms with E-state index in [1.807, 2.05) is 12.1 Å². The van der Waals surface area contributed by atoms with E-state index in [2.05, 4.69) is 9.80 Å². The fraction of sp³-hybridized carbons (Fsp3) is 0.632. The highest BCUT2D eigenvalue weighted by atomic mass is 19.1. The van der Waals surface area contributed by atoms with E-state index in [9.17, 15) is 9.18 Å². The van der Waals surface area contributed by atoms with Crippen molar-refractivity contribution in [3.63, 3.8) is 0 Å². The zero-order chi connectivity index (χ0) is 15.9. The predicted molar refractivity (Wildman–Crippen MR) is 87.3 cm³/mol. The quantitative estimate of drug-likeness (QED) is 0.852. The Morgan fingerprint density at radius 2 is 1.70 bits per heavy atom. The topological polar surface area (TPSA) is 23.6 Å². The largest absolute Gasteiger partial charge is 0.342 e. The highest BCUT2D eigenvalue weighted by Crippen LogP contribution is 2.43. The average Bonchev–Trinajstić information content (AvgIpc) is 3.33. The molecule has 23 heavy (non-hydrogen) atoms. The average molecular weight is 316 g/mol. The van der Waals surface area contributed by atoms with Crippen molar-refractivity contribution in [1.82, 2.24) is 9.80 Å². The third-order valence-corrected chi connectivity index (χ3v) is 5.91. The van der Waals surface area contributed by atoms with Crippen molar-refractivity contribution in [3.05, 3.63) is 35.6 Å². The van der Waals surface area contributed by atoms with Gasteiger partial charge in [-0.3, -0.25) is 9.69 Å². The van der Waals surface area contributed by atoms with Gasteiger partial charge in [0.05, 0.1) is 5.41 Å².